The van der Waals surface area contributed by atoms with Gasteiger partial charge in [-0.25, -0.2) is 9.18 Å². The molecule has 2 unspecified atom stereocenters. The molecule has 2 atom stereocenters. The minimum absolute atomic E-state index is 0.147. The zero-order valence-corrected chi connectivity index (χ0v) is 18.4. The van der Waals surface area contributed by atoms with Gasteiger partial charge in [0.05, 0.1) is 17.5 Å². The molecule has 0 N–H and O–H groups in total. The van der Waals surface area contributed by atoms with Crippen molar-refractivity contribution in [3.05, 3.63) is 69.9 Å². The minimum Gasteiger partial charge on any atom is -0.438 e. The van der Waals surface area contributed by atoms with Crippen LogP contribution < -0.4 is 0 Å². The summed E-state index contributed by atoms with van der Waals surface area (Å²) in [4.78, 5) is 14.7. The number of nitriles is 1. The fraction of sp³-hybridized carbons (Fsp3) is 0.391. The maximum atomic E-state index is 13.5. The average Bonchev–Trinajstić information content (AvgIpc) is 2.68. The van der Waals surface area contributed by atoms with Gasteiger partial charge < -0.3 is 9.64 Å². The number of amides is 1. The Bertz CT molecular complexity index is 921. The highest BCUT2D eigenvalue weighted by atomic mass is 79.9. The molecule has 0 saturated carbocycles. The first-order chi connectivity index (χ1) is 13.7. The Hall–Kier alpha value is -2.39. The van der Waals surface area contributed by atoms with E-state index in [-0.39, 0.29) is 11.9 Å². The van der Waals surface area contributed by atoms with Crippen molar-refractivity contribution in [3.8, 4) is 6.07 Å². The number of hydrogen-bond acceptors (Lipinski definition) is 3. The van der Waals surface area contributed by atoms with Crippen molar-refractivity contribution < 1.29 is 13.9 Å². The number of benzene rings is 2. The van der Waals surface area contributed by atoms with E-state index >= 15 is 0 Å². The monoisotopic (exact) mass is 458 g/mol. The summed E-state index contributed by atoms with van der Waals surface area (Å²) < 4.78 is 20.5. The molecule has 1 heterocycles. The number of carbonyl (C=O) groups is 1. The van der Waals surface area contributed by atoms with E-state index in [0.29, 0.717) is 24.9 Å². The third kappa shape index (κ3) is 4.62. The molecule has 1 aliphatic rings. The van der Waals surface area contributed by atoms with Gasteiger partial charge in [0.25, 0.3) is 0 Å². The van der Waals surface area contributed by atoms with Gasteiger partial charge in [0.15, 0.2) is 0 Å². The first-order valence-electron chi connectivity index (χ1n) is 9.58. The van der Waals surface area contributed by atoms with Crippen molar-refractivity contribution in [1.29, 1.82) is 5.26 Å². The lowest BCUT2D eigenvalue weighted by molar-refractivity contribution is -0.0770. The predicted octanol–water partition coefficient (Wildman–Crippen LogP) is 6.33. The second-order valence-electron chi connectivity index (χ2n) is 8.21. The Morgan fingerprint density at radius 3 is 2.41 bits per heavy atom. The molecular formula is C23H24BrFN2O2. The van der Waals surface area contributed by atoms with Crippen molar-refractivity contribution in [2.45, 2.75) is 45.3 Å². The summed E-state index contributed by atoms with van der Waals surface area (Å²) in [6.45, 7) is 6.09. The normalized spacial score (nSPS) is 20.7. The molecule has 0 aromatic heterocycles. The number of halogens is 2. The molecule has 1 amide bonds. The van der Waals surface area contributed by atoms with Crippen molar-refractivity contribution >= 4 is 22.0 Å². The third-order valence-corrected chi connectivity index (χ3v) is 6.02. The van der Waals surface area contributed by atoms with Gasteiger partial charge in [-0.2, -0.15) is 5.26 Å². The van der Waals surface area contributed by atoms with Crippen LogP contribution in [0.5, 0.6) is 0 Å². The summed E-state index contributed by atoms with van der Waals surface area (Å²) in [6, 6.07) is 16.0. The average molecular weight is 459 g/mol. The SMILES string of the molecule is CC(c1ccc(Br)cc1)N1CCC(CC(C)(C)C#N)(c2ccc(F)cc2)OC1=O. The maximum absolute atomic E-state index is 13.5. The van der Waals surface area contributed by atoms with Crippen LogP contribution in [0, 0.1) is 22.6 Å². The number of rotatable bonds is 5. The molecule has 0 radical (unpaired) electrons. The largest absolute Gasteiger partial charge is 0.438 e. The van der Waals surface area contributed by atoms with Crippen LogP contribution >= 0.6 is 15.9 Å². The van der Waals surface area contributed by atoms with E-state index in [4.69, 9.17) is 4.74 Å². The topological polar surface area (TPSA) is 53.3 Å². The van der Waals surface area contributed by atoms with Crippen LogP contribution in [0.1, 0.15) is 50.8 Å². The fourth-order valence-corrected chi connectivity index (χ4v) is 4.14. The number of ether oxygens (including phenoxy) is 1. The van der Waals surface area contributed by atoms with E-state index in [2.05, 4.69) is 22.0 Å². The van der Waals surface area contributed by atoms with Gasteiger partial charge in [-0.15, -0.1) is 0 Å². The number of carbonyl (C=O) groups excluding carboxylic acids is 1. The highest BCUT2D eigenvalue weighted by molar-refractivity contribution is 9.10. The van der Waals surface area contributed by atoms with E-state index in [9.17, 15) is 14.4 Å². The molecule has 1 saturated heterocycles. The molecule has 6 heteroatoms. The van der Waals surface area contributed by atoms with E-state index in [1.54, 1.807) is 17.0 Å². The van der Waals surface area contributed by atoms with Crippen molar-refractivity contribution in [3.63, 3.8) is 0 Å². The van der Waals surface area contributed by atoms with Crippen LogP contribution in [0.15, 0.2) is 53.0 Å². The lowest BCUT2D eigenvalue weighted by atomic mass is 9.75. The molecule has 2 aromatic carbocycles. The smallest absolute Gasteiger partial charge is 0.411 e. The van der Waals surface area contributed by atoms with Crippen LogP contribution in [0.2, 0.25) is 0 Å². The molecule has 1 fully saturated rings. The van der Waals surface area contributed by atoms with E-state index < -0.39 is 17.1 Å². The standard InChI is InChI=1S/C23H24BrFN2O2/c1-16(17-4-8-19(24)9-5-17)27-13-12-23(29-21(27)28,14-22(2,3)15-26)18-6-10-20(25)11-7-18/h4-11,16H,12-14H2,1-3H3. The lowest BCUT2D eigenvalue weighted by Crippen LogP contribution is -2.50. The van der Waals surface area contributed by atoms with Gasteiger partial charge in [-0.1, -0.05) is 40.2 Å². The Kier molecular flexibility index (Phi) is 6.00. The first-order valence-corrected chi connectivity index (χ1v) is 10.4. The molecule has 2 aromatic rings. The summed E-state index contributed by atoms with van der Waals surface area (Å²) in [5, 5.41) is 9.54. The fourth-order valence-electron chi connectivity index (χ4n) is 3.88. The number of nitrogens with zero attached hydrogens (tertiary/aromatic N) is 2. The summed E-state index contributed by atoms with van der Waals surface area (Å²) in [7, 11) is 0. The molecule has 152 valence electrons. The summed E-state index contributed by atoms with van der Waals surface area (Å²) in [5.74, 6) is -0.351. The van der Waals surface area contributed by atoms with Gasteiger partial charge in [-0.05, 0) is 56.2 Å². The molecule has 0 aliphatic carbocycles. The van der Waals surface area contributed by atoms with E-state index in [0.717, 1.165) is 10.0 Å². The lowest BCUT2D eigenvalue weighted by Gasteiger charge is -2.45. The predicted molar refractivity (Wildman–Crippen MR) is 112 cm³/mol. The third-order valence-electron chi connectivity index (χ3n) is 5.49. The summed E-state index contributed by atoms with van der Waals surface area (Å²) in [6.07, 6.45) is 0.440. The summed E-state index contributed by atoms with van der Waals surface area (Å²) in [5.41, 5.74) is 0.0667. The van der Waals surface area contributed by atoms with Gasteiger partial charge in [0.2, 0.25) is 0 Å². The highest BCUT2D eigenvalue weighted by Crippen LogP contribution is 2.44. The second kappa shape index (κ2) is 8.16. The Labute approximate surface area is 179 Å². The Balaban J connectivity index is 1.89. The van der Waals surface area contributed by atoms with Crippen LogP contribution in [0.3, 0.4) is 0 Å². The van der Waals surface area contributed by atoms with Gasteiger partial charge in [0, 0.05) is 23.9 Å². The molecule has 3 rings (SSSR count). The van der Waals surface area contributed by atoms with Gasteiger partial charge >= 0.3 is 6.09 Å². The van der Waals surface area contributed by atoms with Crippen LogP contribution in [-0.4, -0.2) is 17.5 Å². The van der Waals surface area contributed by atoms with E-state index in [1.807, 2.05) is 45.0 Å². The molecule has 4 nitrogen and oxygen atoms in total. The zero-order chi connectivity index (χ0) is 21.2. The van der Waals surface area contributed by atoms with Crippen LogP contribution in [0.4, 0.5) is 9.18 Å². The maximum Gasteiger partial charge on any atom is 0.411 e. The molecule has 29 heavy (non-hydrogen) atoms. The molecule has 0 bridgehead atoms. The van der Waals surface area contributed by atoms with Crippen LogP contribution in [-0.2, 0) is 10.3 Å². The molecular weight excluding hydrogens is 435 g/mol. The highest BCUT2D eigenvalue weighted by Gasteiger charge is 2.46. The number of hydrogen-bond donors (Lipinski definition) is 0. The van der Waals surface area contributed by atoms with E-state index in [1.165, 1.54) is 12.1 Å². The quantitative estimate of drug-likeness (QED) is 0.525. The zero-order valence-electron chi connectivity index (χ0n) is 16.8. The van der Waals surface area contributed by atoms with Crippen molar-refractivity contribution in [2.24, 2.45) is 5.41 Å². The second-order valence-corrected chi connectivity index (χ2v) is 9.13. The van der Waals surface area contributed by atoms with Gasteiger partial charge in [-0.3, -0.25) is 0 Å². The minimum atomic E-state index is -0.958. The van der Waals surface area contributed by atoms with Crippen LogP contribution in [0.25, 0.3) is 0 Å². The molecule has 0 spiro atoms. The number of cyclic esters (lactones) is 1. The Morgan fingerprint density at radius 2 is 1.86 bits per heavy atom. The summed E-state index contributed by atoms with van der Waals surface area (Å²) >= 11 is 3.42. The molecule has 1 aliphatic heterocycles. The Morgan fingerprint density at radius 1 is 1.24 bits per heavy atom. The van der Waals surface area contributed by atoms with Crippen molar-refractivity contribution in [2.75, 3.05) is 6.54 Å². The van der Waals surface area contributed by atoms with Crippen molar-refractivity contribution in [1.82, 2.24) is 4.90 Å². The van der Waals surface area contributed by atoms with Gasteiger partial charge in [0.1, 0.15) is 11.4 Å². The first kappa shape index (κ1) is 21.3.